The molecular formula is C24H23ClN2O2. The molecule has 0 spiro atoms. The van der Waals surface area contributed by atoms with Crippen LogP contribution in [0.4, 0.5) is 0 Å². The third kappa shape index (κ3) is 4.90. The second-order valence-corrected chi connectivity index (χ2v) is 7.65. The van der Waals surface area contributed by atoms with E-state index in [1.807, 2.05) is 54.7 Å². The van der Waals surface area contributed by atoms with Gasteiger partial charge in [-0.05, 0) is 60.2 Å². The minimum Gasteiger partial charge on any atom is -0.467 e. The Balaban J connectivity index is 1.52. The summed E-state index contributed by atoms with van der Waals surface area (Å²) in [5.41, 5.74) is 3.43. The summed E-state index contributed by atoms with van der Waals surface area (Å²) < 4.78 is 5.30. The lowest BCUT2D eigenvalue weighted by Gasteiger charge is -2.17. The summed E-state index contributed by atoms with van der Waals surface area (Å²) in [5, 5.41) is 4.74. The van der Waals surface area contributed by atoms with Crippen LogP contribution in [-0.4, -0.2) is 10.9 Å². The first-order valence-electron chi connectivity index (χ1n) is 9.78. The minimum atomic E-state index is 0.0100. The molecule has 2 aromatic carbocycles. The lowest BCUT2D eigenvalue weighted by molar-refractivity contribution is -0.121. The highest BCUT2D eigenvalue weighted by Crippen LogP contribution is 2.33. The molecule has 0 saturated heterocycles. The number of aromatic amines is 1. The summed E-state index contributed by atoms with van der Waals surface area (Å²) in [4.78, 5) is 16.0. The predicted molar refractivity (Wildman–Crippen MR) is 116 cm³/mol. The van der Waals surface area contributed by atoms with E-state index in [-0.39, 0.29) is 11.8 Å². The highest BCUT2D eigenvalue weighted by atomic mass is 35.5. The van der Waals surface area contributed by atoms with Crippen molar-refractivity contribution in [1.29, 1.82) is 0 Å². The Kier molecular flexibility index (Phi) is 6.01. The number of carbonyl (C=O) groups is 1. The Morgan fingerprint density at radius 3 is 2.76 bits per heavy atom. The van der Waals surface area contributed by atoms with Crippen molar-refractivity contribution in [2.24, 2.45) is 0 Å². The van der Waals surface area contributed by atoms with Gasteiger partial charge in [0.2, 0.25) is 5.91 Å². The molecule has 0 unspecified atom stereocenters. The minimum absolute atomic E-state index is 0.0100. The van der Waals surface area contributed by atoms with Gasteiger partial charge in [-0.1, -0.05) is 41.9 Å². The fourth-order valence-electron chi connectivity index (χ4n) is 3.70. The highest BCUT2D eigenvalue weighted by Gasteiger charge is 2.20. The van der Waals surface area contributed by atoms with Crippen LogP contribution in [0.5, 0.6) is 0 Å². The first-order valence-corrected chi connectivity index (χ1v) is 10.2. The van der Waals surface area contributed by atoms with Gasteiger partial charge < -0.3 is 14.7 Å². The van der Waals surface area contributed by atoms with Gasteiger partial charge in [-0.15, -0.1) is 0 Å². The molecule has 2 heterocycles. The fraction of sp³-hybridized carbons (Fsp3) is 0.208. The molecule has 2 N–H and O–H groups in total. The van der Waals surface area contributed by atoms with Crippen molar-refractivity contribution in [3.05, 3.63) is 95.0 Å². The molecule has 0 saturated carbocycles. The van der Waals surface area contributed by atoms with E-state index >= 15 is 0 Å². The number of fused-ring (bicyclic) bond motifs is 1. The van der Waals surface area contributed by atoms with E-state index in [1.54, 1.807) is 6.26 Å². The van der Waals surface area contributed by atoms with Crippen molar-refractivity contribution >= 4 is 28.4 Å². The molecule has 0 radical (unpaired) electrons. The van der Waals surface area contributed by atoms with Gasteiger partial charge in [0.1, 0.15) is 5.76 Å². The van der Waals surface area contributed by atoms with Gasteiger partial charge >= 0.3 is 0 Å². The quantitative estimate of drug-likeness (QED) is 0.386. The second kappa shape index (κ2) is 9.01. The number of rotatable bonds is 8. The molecule has 29 heavy (non-hydrogen) atoms. The van der Waals surface area contributed by atoms with Gasteiger partial charge in [0.15, 0.2) is 0 Å². The van der Waals surface area contributed by atoms with Crippen LogP contribution in [0.2, 0.25) is 5.02 Å². The number of aromatic nitrogens is 1. The van der Waals surface area contributed by atoms with Gasteiger partial charge in [0.25, 0.3) is 0 Å². The zero-order chi connectivity index (χ0) is 20.1. The Bertz CT molecular complexity index is 1070. The van der Waals surface area contributed by atoms with Crippen LogP contribution in [0.25, 0.3) is 10.9 Å². The summed E-state index contributed by atoms with van der Waals surface area (Å²) in [7, 11) is 0. The van der Waals surface area contributed by atoms with Gasteiger partial charge in [0.05, 0.1) is 12.8 Å². The van der Waals surface area contributed by atoms with Crippen LogP contribution in [0.3, 0.4) is 0 Å². The number of halogens is 1. The maximum Gasteiger partial charge on any atom is 0.220 e. The van der Waals surface area contributed by atoms with E-state index in [9.17, 15) is 4.79 Å². The maximum atomic E-state index is 12.7. The monoisotopic (exact) mass is 406 g/mol. The van der Waals surface area contributed by atoms with E-state index in [2.05, 4.69) is 22.4 Å². The molecule has 0 aliphatic carbocycles. The normalized spacial score (nSPS) is 12.2. The van der Waals surface area contributed by atoms with Crippen LogP contribution in [-0.2, 0) is 17.8 Å². The number of amides is 1. The molecule has 0 fully saturated rings. The van der Waals surface area contributed by atoms with Gasteiger partial charge in [0, 0.05) is 28.5 Å². The zero-order valence-corrected chi connectivity index (χ0v) is 16.8. The van der Waals surface area contributed by atoms with Crippen molar-refractivity contribution in [3.63, 3.8) is 0 Å². The average Bonchev–Trinajstić information content (AvgIpc) is 3.40. The largest absolute Gasteiger partial charge is 0.467 e. The average molecular weight is 407 g/mol. The number of hydrogen-bond acceptors (Lipinski definition) is 2. The lowest BCUT2D eigenvalue weighted by atomic mass is 9.89. The number of furan rings is 1. The molecule has 1 amide bonds. The van der Waals surface area contributed by atoms with E-state index in [1.165, 1.54) is 5.56 Å². The molecule has 0 aliphatic rings. The molecule has 4 rings (SSSR count). The topological polar surface area (TPSA) is 58.0 Å². The third-order valence-corrected chi connectivity index (χ3v) is 5.45. The Morgan fingerprint density at radius 2 is 1.97 bits per heavy atom. The molecule has 0 bridgehead atoms. The SMILES string of the molecule is O=C(C[C@H](CCc1ccccc1)c1c[nH]c2ccc(Cl)cc12)NCc1ccco1. The van der Waals surface area contributed by atoms with Crippen LogP contribution >= 0.6 is 11.6 Å². The van der Waals surface area contributed by atoms with Crippen LogP contribution in [0.1, 0.15) is 35.6 Å². The van der Waals surface area contributed by atoms with Crippen LogP contribution in [0.15, 0.2) is 77.5 Å². The number of hydrogen-bond donors (Lipinski definition) is 2. The summed E-state index contributed by atoms with van der Waals surface area (Å²) >= 11 is 6.23. The number of carbonyl (C=O) groups excluding carboxylic acids is 1. The first kappa shape index (κ1) is 19.3. The molecule has 5 heteroatoms. The molecule has 1 atom stereocenters. The van der Waals surface area contributed by atoms with Gasteiger partial charge in [-0.25, -0.2) is 0 Å². The Hall–Kier alpha value is -2.98. The van der Waals surface area contributed by atoms with Crippen molar-refractivity contribution in [3.8, 4) is 0 Å². The number of H-pyrrole nitrogens is 1. The number of aryl methyl sites for hydroxylation is 1. The van der Waals surface area contributed by atoms with Crippen LogP contribution in [0, 0.1) is 0 Å². The van der Waals surface area contributed by atoms with Gasteiger partial charge in [-0.3, -0.25) is 4.79 Å². The first-order chi connectivity index (χ1) is 14.2. The molecule has 4 aromatic rings. The lowest BCUT2D eigenvalue weighted by Crippen LogP contribution is -2.24. The Labute approximate surface area is 174 Å². The number of benzene rings is 2. The van der Waals surface area contributed by atoms with E-state index in [4.69, 9.17) is 16.0 Å². The zero-order valence-electron chi connectivity index (χ0n) is 16.0. The van der Waals surface area contributed by atoms with Crippen molar-refractivity contribution in [2.45, 2.75) is 31.7 Å². The Morgan fingerprint density at radius 1 is 1.10 bits per heavy atom. The van der Waals surface area contributed by atoms with E-state index in [0.717, 1.165) is 35.1 Å². The van der Waals surface area contributed by atoms with Crippen molar-refractivity contribution in [2.75, 3.05) is 0 Å². The molecular weight excluding hydrogens is 384 g/mol. The summed E-state index contributed by atoms with van der Waals surface area (Å²) in [5.74, 6) is 0.841. The van der Waals surface area contributed by atoms with Crippen molar-refractivity contribution in [1.82, 2.24) is 10.3 Å². The summed E-state index contributed by atoms with van der Waals surface area (Å²) in [6.07, 6.45) is 5.81. The molecule has 148 valence electrons. The second-order valence-electron chi connectivity index (χ2n) is 7.22. The van der Waals surface area contributed by atoms with Gasteiger partial charge in [-0.2, -0.15) is 0 Å². The number of nitrogens with one attached hydrogen (secondary N) is 2. The van der Waals surface area contributed by atoms with E-state index < -0.39 is 0 Å². The maximum absolute atomic E-state index is 12.7. The smallest absolute Gasteiger partial charge is 0.220 e. The standard InChI is InChI=1S/C24H23ClN2O2/c25-19-10-11-23-21(14-19)22(16-26-23)18(9-8-17-5-2-1-3-6-17)13-24(28)27-15-20-7-4-12-29-20/h1-7,10-12,14,16,18,26H,8-9,13,15H2,(H,27,28)/t18-/m0/s1. The molecule has 2 aromatic heterocycles. The third-order valence-electron chi connectivity index (χ3n) is 5.21. The molecule has 4 nitrogen and oxygen atoms in total. The van der Waals surface area contributed by atoms with Crippen LogP contribution < -0.4 is 5.32 Å². The summed E-state index contributed by atoms with van der Waals surface area (Å²) in [6.45, 7) is 0.400. The highest BCUT2D eigenvalue weighted by molar-refractivity contribution is 6.31. The summed E-state index contributed by atoms with van der Waals surface area (Å²) in [6, 6.07) is 19.9. The van der Waals surface area contributed by atoms with Crippen molar-refractivity contribution < 1.29 is 9.21 Å². The van der Waals surface area contributed by atoms with E-state index in [0.29, 0.717) is 18.0 Å². The fourth-order valence-corrected chi connectivity index (χ4v) is 3.87. The molecule has 0 aliphatic heterocycles. The predicted octanol–water partition coefficient (Wildman–Crippen LogP) is 5.84.